The first-order valence-electron chi connectivity index (χ1n) is 4.13. The summed E-state index contributed by atoms with van der Waals surface area (Å²) in [4.78, 5) is 0. The molecule has 3 N–H and O–H groups in total. The Morgan fingerprint density at radius 3 is 2.87 bits per heavy atom. The van der Waals surface area contributed by atoms with Crippen molar-refractivity contribution < 1.29 is 14.3 Å². The molecule has 15 heavy (non-hydrogen) atoms. The van der Waals surface area contributed by atoms with E-state index in [0.29, 0.717) is 10.2 Å². The van der Waals surface area contributed by atoms with Gasteiger partial charge in [0.2, 0.25) is 0 Å². The summed E-state index contributed by atoms with van der Waals surface area (Å²) in [5.41, 5.74) is 5.30. The summed E-state index contributed by atoms with van der Waals surface area (Å²) >= 11 is 3.02. The Morgan fingerprint density at radius 2 is 2.33 bits per heavy atom. The number of rotatable bonds is 3. The first kappa shape index (κ1) is 11.8. The molecule has 0 amide bonds. The second-order valence-electron chi connectivity index (χ2n) is 2.86. The van der Waals surface area contributed by atoms with E-state index in [9.17, 15) is 4.39 Å². The summed E-state index contributed by atoms with van der Waals surface area (Å²) in [5, 5.41) is 11.2. The summed E-state index contributed by atoms with van der Waals surface area (Å²) < 4.78 is 18.7. The molecule has 0 aliphatic carbocycles. The minimum absolute atomic E-state index is 0.0710. The lowest BCUT2D eigenvalue weighted by atomic mass is 10.3. The van der Waals surface area contributed by atoms with Gasteiger partial charge in [0.15, 0.2) is 11.9 Å². The fraction of sp³-hybridized carbons (Fsp3) is 0.222. The van der Waals surface area contributed by atoms with E-state index in [1.54, 1.807) is 13.0 Å². The largest absolute Gasteiger partial charge is 0.483 e. The van der Waals surface area contributed by atoms with Gasteiger partial charge in [-0.25, -0.2) is 4.39 Å². The maximum atomic E-state index is 13.1. The van der Waals surface area contributed by atoms with Gasteiger partial charge in [0.05, 0.1) is 4.47 Å². The van der Waals surface area contributed by atoms with E-state index in [4.69, 9.17) is 15.7 Å². The number of nitrogens with zero attached hydrogens (tertiary/aromatic N) is 1. The molecule has 1 rings (SSSR count). The number of nitrogens with two attached hydrogens (primary N) is 1. The van der Waals surface area contributed by atoms with E-state index < -0.39 is 11.9 Å². The zero-order chi connectivity index (χ0) is 11.4. The van der Waals surface area contributed by atoms with Crippen molar-refractivity contribution in [3.63, 3.8) is 0 Å². The average molecular weight is 277 g/mol. The average Bonchev–Trinajstić information content (AvgIpc) is 2.22. The molecule has 1 aromatic carbocycles. The van der Waals surface area contributed by atoms with E-state index in [-0.39, 0.29) is 5.84 Å². The lowest BCUT2D eigenvalue weighted by Gasteiger charge is -2.13. The summed E-state index contributed by atoms with van der Waals surface area (Å²) in [6.45, 7) is 1.59. The third kappa shape index (κ3) is 3.09. The van der Waals surface area contributed by atoms with Crippen LogP contribution in [-0.4, -0.2) is 17.1 Å². The molecule has 1 aromatic rings. The van der Waals surface area contributed by atoms with E-state index >= 15 is 0 Å². The number of halogens is 2. The van der Waals surface area contributed by atoms with Crippen molar-refractivity contribution in [2.45, 2.75) is 13.0 Å². The Morgan fingerprint density at radius 1 is 1.67 bits per heavy atom. The first-order chi connectivity index (χ1) is 7.04. The highest BCUT2D eigenvalue weighted by molar-refractivity contribution is 9.10. The van der Waals surface area contributed by atoms with Gasteiger partial charge in [-0.05, 0) is 35.0 Å². The fourth-order valence-electron chi connectivity index (χ4n) is 0.896. The Balaban J connectivity index is 2.77. The monoisotopic (exact) mass is 276 g/mol. The van der Waals surface area contributed by atoms with Gasteiger partial charge in [-0.3, -0.25) is 0 Å². The molecular weight excluding hydrogens is 267 g/mol. The predicted octanol–water partition coefficient (Wildman–Crippen LogP) is 2.10. The number of hydrogen-bond acceptors (Lipinski definition) is 3. The van der Waals surface area contributed by atoms with E-state index in [1.165, 1.54) is 12.1 Å². The summed E-state index contributed by atoms with van der Waals surface area (Å²) in [5.74, 6) is -0.188. The predicted molar refractivity (Wildman–Crippen MR) is 57.6 cm³/mol. The summed E-state index contributed by atoms with van der Waals surface area (Å²) in [6, 6.07) is 4.31. The van der Waals surface area contributed by atoms with Crippen molar-refractivity contribution >= 4 is 21.8 Å². The van der Waals surface area contributed by atoms with Crippen molar-refractivity contribution in [1.82, 2.24) is 0 Å². The van der Waals surface area contributed by atoms with Gasteiger partial charge in [0.25, 0.3) is 0 Å². The van der Waals surface area contributed by atoms with Crippen LogP contribution in [0.15, 0.2) is 27.8 Å². The Labute approximate surface area is 94.7 Å². The minimum atomic E-state index is -0.615. The Hall–Kier alpha value is -1.30. The standard InChI is InChI=1S/C9H10BrFN2O2/c1-5(9(12)13-14)15-6-2-3-7(10)8(11)4-6/h2-5,14H,1H3,(H2,12,13). The van der Waals surface area contributed by atoms with Gasteiger partial charge in [-0.2, -0.15) is 0 Å². The van der Waals surface area contributed by atoms with Crippen molar-refractivity contribution in [3.8, 4) is 5.75 Å². The van der Waals surface area contributed by atoms with Gasteiger partial charge in [-0.15, -0.1) is 0 Å². The Kier molecular flexibility index (Phi) is 3.90. The highest BCUT2D eigenvalue weighted by Gasteiger charge is 2.10. The number of hydrogen-bond donors (Lipinski definition) is 2. The molecule has 0 spiro atoms. The van der Waals surface area contributed by atoms with Crippen LogP contribution >= 0.6 is 15.9 Å². The van der Waals surface area contributed by atoms with Crippen LogP contribution in [0.4, 0.5) is 4.39 Å². The van der Waals surface area contributed by atoms with Gasteiger partial charge in [0, 0.05) is 6.07 Å². The van der Waals surface area contributed by atoms with Crippen LogP contribution < -0.4 is 10.5 Å². The molecule has 1 unspecified atom stereocenters. The van der Waals surface area contributed by atoms with E-state index in [0.717, 1.165) is 0 Å². The number of amidine groups is 1. The van der Waals surface area contributed by atoms with Crippen molar-refractivity contribution in [3.05, 3.63) is 28.5 Å². The van der Waals surface area contributed by atoms with Crippen LogP contribution in [0.25, 0.3) is 0 Å². The zero-order valence-electron chi connectivity index (χ0n) is 7.95. The SMILES string of the molecule is CC(Oc1ccc(Br)c(F)c1)C(N)=NO. The summed E-state index contributed by atoms with van der Waals surface area (Å²) in [7, 11) is 0. The molecule has 0 saturated heterocycles. The zero-order valence-corrected chi connectivity index (χ0v) is 9.53. The van der Waals surface area contributed by atoms with Crippen LogP contribution in [0.1, 0.15) is 6.92 Å². The van der Waals surface area contributed by atoms with Crippen LogP contribution in [0.5, 0.6) is 5.75 Å². The number of ether oxygens (including phenoxy) is 1. The third-order valence-corrected chi connectivity index (χ3v) is 2.38. The molecule has 0 saturated carbocycles. The first-order valence-corrected chi connectivity index (χ1v) is 4.93. The van der Waals surface area contributed by atoms with Gasteiger partial charge in [-0.1, -0.05) is 5.16 Å². The van der Waals surface area contributed by atoms with Gasteiger partial charge >= 0.3 is 0 Å². The molecule has 6 heteroatoms. The van der Waals surface area contributed by atoms with Crippen molar-refractivity contribution in [1.29, 1.82) is 0 Å². The maximum Gasteiger partial charge on any atom is 0.180 e. The molecule has 0 aliphatic rings. The lowest BCUT2D eigenvalue weighted by Crippen LogP contribution is -2.31. The fourth-order valence-corrected chi connectivity index (χ4v) is 1.14. The number of benzene rings is 1. The molecule has 4 nitrogen and oxygen atoms in total. The van der Waals surface area contributed by atoms with E-state index in [2.05, 4.69) is 21.1 Å². The molecule has 0 radical (unpaired) electrons. The summed E-state index contributed by atoms with van der Waals surface area (Å²) in [6.07, 6.45) is -0.615. The Bertz CT molecular complexity index is 384. The molecule has 0 aliphatic heterocycles. The number of oxime groups is 1. The van der Waals surface area contributed by atoms with Gasteiger partial charge < -0.3 is 15.7 Å². The normalized spacial score (nSPS) is 13.7. The maximum absolute atomic E-state index is 13.1. The van der Waals surface area contributed by atoms with Crippen LogP contribution in [0, 0.1) is 5.82 Å². The van der Waals surface area contributed by atoms with Crippen LogP contribution in [-0.2, 0) is 0 Å². The lowest BCUT2D eigenvalue weighted by molar-refractivity contribution is 0.264. The third-order valence-electron chi connectivity index (χ3n) is 1.74. The molecule has 0 heterocycles. The molecule has 0 fully saturated rings. The minimum Gasteiger partial charge on any atom is -0.483 e. The molecule has 0 aromatic heterocycles. The molecule has 0 bridgehead atoms. The highest BCUT2D eigenvalue weighted by atomic mass is 79.9. The molecule has 82 valence electrons. The molecule has 1 atom stereocenters. The van der Waals surface area contributed by atoms with Crippen molar-refractivity contribution in [2.75, 3.05) is 0 Å². The highest BCUT2D eigenvalue weighted by Crippen LogP contribution is 2.21. The second-order valence-corrected chi connectivity index (χ2v) is 3.72. The quantitative estimate of drug-likeness (QED) is 0.385. The molecular formula is C9H10BrFN2O2. The van der Waals surface area contributed by atoms with Crippen LogP contribution in [0.2, 0.25) is 0 Å². The topological polar surface area (TPSA) is 67.8 Å². The van der Waals surface area contributed by atoms with E-state index in [1.807, 2.05) is 0 Å². The second kappa shape index (κ2) is 4.97. The van der Waals surface area contributed by atoms with Gasteiger partial charge in [0.1, 0.15) is 11.6 Å². The smallest absolute Gasteiger partial charge is 0.180 e. The van der Waals surface area contributed by atoms with Crippen molar-refractivity contribution in [2.24, 2.45) is 10.9 Å². The van der Waals surface area contributed by atoms with Crippen LogP contribution in [0.3, 0.4) is 0 Å².